The van der Waals surface area contributed by atoms with Crippen molar-refractivity contribution < 1.29 is 19.4 Å². The molecule has 4 saturated carbocycles. The number of carboxylic acids is 1. The van der Waals surface area contributed by atoms with E-state index in [4.69, 9.17) is 4.74 Å². The quantitative estimate of drug-likeness (QED) is 0.306. The molecule has 0 aromatic rings. The Morgan fingerprint density at radius 2 is 1.59 bits per heavy atom. The van der Waals surface area contributed by atoms with Gasteiger partial charge in [-0.25, -0.2) is 0 Å². The first kappa shape index (κ1) is 27.3. The lowest BCUT2D eigenvalue weighted by atomic mass is 9.33. The summed E-state index contributed by atoms with van der Waals surface area (Å²) in [7, 11) is 0. The number of hydrogen-bond donors (Lipinski definition) is 1. The van der Waals surface area contributed by atoms with Gasteiger partial charge < -0.3 is 9.84 Å². The molecule has 4 heteroatoms. The summed E-state index contributed by atoms with van der Waals surface area (Å²) in [5, 5.41) is 10.6. The van der Waals surface area contributed by atoms with Crippen LogP contribution in [0.15, 0.2) is 11.6 Å². The predicted octanol–water partition coefficient (Wildman–Crippen LogP) is 8.19. The van der Waals surface area contributed by atoms with Gasteiger partial charge in [-0.2, -0.15) is 0 Å². The Hall–Kier alpha value is -1.32. The van der Waals surface area contributed by atoms with E-state index < -0.39 is 11.4 Å². The van der Waals surface area contributed by atoms with Crippen LogP contribution in [0.5, 0.6) is 0 Å². The molecule has 5 rings (SSSR count). The van der Waals surface area contributed by atoms with E-state index in [1.54, 1.807) is 0 Å². The van der Waals surface area contributed by atoms with Gasteiger partial charge in [0.05, 0.1) is 5.41 Å². The maximum absolute atomic E-state index is 12.8. The molecule has 0 aromatic carbocycles. The zero-order valence-corrected chi connectivity index (χ0v) is 24.8. The molecule has 0 radical (unpaired) electrons. The number of carbonyl (C=O) groups excluding carboxylic acids is 1. The molecule has 4 nitrogen and oxygen atoms in total. The standard InChI is InChI=1S/C33H52O4/c1-9-26(34)37-25-13-14-30(6)23(29(25,4)5)12-15-32(8)24(30)11-10-21-22-20-28(2,3)16-18-33(22,27(35)36)19-17-31(21,32)7/h10,22-25H,9,11-20H2,1-8H3,(H,35,36)/t22?,23?,24?,25?,30-,31+,32+,33-/m0/s1. The van der Waals surface area contributed by atoms with Gasteiger partial charge in [-0.15, -0.1) is 0 Å². The van der Waals surface area contributed by atoms with Gasteiger partial charge in [0.25, 0.3) is 0 Å². The fourth-order valence-corrected chi connectivity index (χ4v) is 11.1. The fraction of sp³-hybridized carbons (Fsp3) is 0.879. The number of fused-ring (bicyclic) bond motifs is 7. The van der Waals surface area contributed by atoms with Crippen molar-refractivity contribution in [3.8, 4) is 0 Å². The highest BCUT2D eigenvalue weighted by Gasteiger charge is 2.69. The number of carboxylic acid groups (broad SMARTS) is 1. The Kier molecular flexibility index (Phi) is 6.14. The van der Waals surface area contributed by atoms with Crippen molar-refractivity contribution in [2.24, 2.45) is 50.2 Å². The molecule has 5 aliphatic rings. The first-order valence-corrected chi connectivity index (χ1v) is 15.2. The normalized spacial score (nSPS) is 47.8. The van der Waals surface area contributed by atoms with Gasteiger partial charge in [0, 0.05) is 11.8 Å². The summed E-state index contributed by atoms with van der Waals surface area (Å²) in [5.74, 6) is 0.635. The van der Waals surface area contributed by atoms with Crippen LogP contribution in [0.2, 0.25) is 0 Å². The number of ether oxygens (including phenoxy) is 1. The highest BCUT2D eigenvalue weighted by molar-refractivity contribution is 5.76. The summed E-state index contributed by atoms with van der Waals surface area (Å²) in [4.78, 5) is 25.1. The van der Waals surface area contributed by atoms with E-state index in [1.165, 1.54) is 18.4 Å². The molecule has 8 atom stereocenters. The summed E-state index contributed by atoms with van der Waals surface area (Å²) in [6, 6.07) is 0. The SMILES string of the molecule is CCC(=O)OC1CC[C@@]2(C)C(CC[C@]3(C)C2CC=C2C4CC(C)(C)CC[C@]4(C(=O)O)CC[C@]23C)C1(C)C. The Bertz CT molecular complexity index is 1010. The van der Waals surface area contributed by atoms with Gasteiger partial charge in [-0.05, 0) is 104 Å². The second-order valence-electron chi connectivity index (χ2n) is 15.9. The molecule has 37 heavy (non-hydrogen) atoms. The minimum atomic E-state index is -0.575. The van der Waals surface area contributed by atoms with E-state index in [0.717, 1.165) is 51.4 Å². The third-order valence-electron chi connectivity index (χ3n) is 13.6. The van der Waals surface area contributed by atoms with E-state index in [9.17, 15) is 14.7 Å². The summed E-state index contributed by atoms with van der Waals surface area (Å²) >= 11 is 0. The van der Waals surface area contributed by atoms with Crippen LogP contribution < -0.4 is 0 Å². The molecule has 4 fully saturated rings. The van der Waals surface area contributed by atoms with Crippen LogP contribution in [0, 0.1) is 50.2 Å². The van der Waals surface area contributed by atoms with Crippen LogP contribution in [0.1, 0.15) is 126 Å². The molecular weight excluding hydrogens is 460 g/mol. The largest absolute Gasteiger partial charge is 0.481 e. The van der Waals surface area contributed by atoms with Crippen molar-refractivity contribution in [1.29, 1.82) is 0 Å². The summed E-state index contributed by atoms with van der Waals surface area (Å²) < 4.78 is 6.02. The lowest BCUT2D eigenvalue weighted by Gasteiger charge is -2.71. The number of esters is 1. The number of allylic oxidation sites excluding steroid dienone is 2. The number of rotatable bonds is 3. The zero-order valence-electron chi connectivity index (χ0n) is 24.8. The minimum Gasteiger partial charge on any atom is -0.481 e. The third kappa shape index (κ3) is 3.58. The van der Waals surface area contributed by atoms with Gasteiger partial charge in [-0.3, -0.25) is 9.59 Å². The van der Waals surface area contributed by atoms with Crippen LogP contribution in [0.25, 0.3) is 0 Å². The molecule has 1 N–H and O–H groups in total. The fourth-order valence-electron chi connectivity index (χ4n) is 11.1. The predicted molar refractivity (Wildman–Crippen MR) is 147 cm³/mol. The average molecular weight is 513 g/mol. The van der Waals surface area contributed by atoms with Crippen molar-refractivity contribution in [1.82, 2.24) is 0 Å². The maximum atomic E-state index is 12.8. The molecule has 208 valence electrons. The Labute approximate surface area is 225 Å². The van der Waals surface area contributed by atoms with Gasteiger partial charge in [0.15, 0.2) is 0 Å². The number of hydrogen-bond acceptors (Lipinski definition) is 3. The summed E-state index contributed by atoms with van der Waals surface area (Å²) in [5.41, 5.74) is 1.50. The molecule has 0 bridgehead atoms. The molecule has 5 aliphatic carbocycles. The van der Waals surface area contributed by atoms with E-state index in [2.05, 4.69) is 54.5 Å². The van der Waals surface area contributed by atoms with E-state index in [0.29, 0.717) is 18.3 Å². The number of aliphatic carboxylic acids is 1. The average Bonchev–Trinajstić information content (AvgIpc) is 2.80. The van der Waals surface area contributed by atoms with Crippen molar-refractivity contribution in [2.45, 2.75) is 132 Å². The van der Waals surface area contributed by atoms with Crippen LogP contribution in [0.4, 0.5) is 0 Å². The van der Waals surface area contributed by atoms with Gasteiger partial charge in [-0.1, -0.05) is 67.0 Å². The molecular formula is C33H52O4. The Morgan fingerprint density at radius 3 is 2.24 bits per heavy atom. The second kappa shape index (κ2) is 8.34. The summed E-state index contributed by atoms with van der Waals surface area (Å²) in [6.07, 6.45) is 13.1. The van der Waals surface area contributed by atoms with Crippen molar-refractivity contribution in [3.05, 3.63) is 11.6 Å². The van der Waals surface area contributed by atoms with Crippen LogP contribution in [0.3, 0.4) is 0 Å². The smallest absolute Gasteiger partial charge is 0.310 e. The second-order valence-corrected chi connectivity index (χ2v) is 15.9. The van der Waals surface area contributed by atoms with Crippen LogP contribution in [-0.4, -0.2) is 23.1 Å². The molecule has 0 spiro atoms. The molecule has 0 heterocycles. The first-order chi connectivity index (χ1) is 17.1. The van der Waals surface area contributed by atoms with Gasteiger partial charge >= 0.3 is 11.9 Å². The number of carbonyl (C=O) groups is 2. The lowest BCUT2D eigenvalue weighted by molar-refractivity contribution is -0.213. The molecule has 0 saturated heterocycles. The summed E-state index contributed by atoms with van der Waals surface area (Å²) in [6.45, 7) is 18.9. The zero-order chi connectivity index (χ0) is 27.2. The highest BCUT2D eigenvalue weighted by atomic mass is 16.5. The maximum Gasteiger partial charge on any atom is 0.310 e. The lowest BCUT2D eigenvalue weighted by Crippen LogP contribution is -2.65. The van der Waals surface area contributed by atoms with Crippen LogP contribution >= 0.6 is 0 Å². The Morgan fingerprint density at radius 1 is 0.919 bits per heavy atom. The van der Waals surface area contributed by atoms with E-state index in [1.807, 2.05) is 6.92 Å². The van der Waals surface area contributed by atoms with Crippen LogP contribution in [-0.2, 0) is 14.3 Å². The van der Waals surface area contributed by atoms with E-state index in [-0.39, 0.29) is 45.1 Å². The third-order valence-corrected chi connectivity index (χ3v) is 13.6. The molecule has 0 aliphatic heterocycles. The van der Waals surface area contributed by atoms with E-state index >= 15 is 0 Å². The van der Waals surface area contributed by atoms with Gasteiger partial charge in [0.1, 0.15) is 6.10 Å². The highest BCUT2D eigenvalue weighted by Crippen LogP contribution is 2.75. The van der Waals surface area contributed by atoms with Crippen molar-refractivity contribution >= 4 is 11.9 Å². The topological polar surface area (TPSA) is 63.6 Å². The first-order valence-electron chi connectivity index (χ1n) is 15.2. The minimum absolute atomic E-state index is 0.00277. The van der Waals surface area contributed by atoms with Gasteiger partial charge in [0.2, 0.25) is 0 Å². The molecule has 0 aromatic heterocycles. The van der Waals surface area contributed by atoms with Crippen molar-refractivity contribution in [2.75, 3.05) is 0 Å². The Balaban J connectivity index is 1.53. The molecule has 0 amide bonds. The molecule has 4 unspecified atom stereocenters. The monoisotopic (exact) mass is 512 g/mol. The van der Waals surface area contributed by atoms with Crippen molar-refractivity contribution in [3.63, 3.8) is 0 Å².